The Morgan fingerprint density at radius 2 is 2.33 bits per heavy atom. The Bertz CT molecular complexity index is 360. The summed E-state index contributed by atoms with van der Waals surface area (Å²) in [6.07, 6.45) is 1.82. The number of likely N-dealkylation sites (N-methyl/N-ethyl adjacent to an activating group) is 1. The van der Waals surface area contributed by atoms with E-state index in [0.29, 0.717) is 13.2 Å². The standard InChI is InChI=1S/C11H18N2O2/c1-9-4-5-13(11(14)6-9)7-10(12-2)8-15-3/h4-6,10,12H,7-8H2,1-3H3. The first-order valence-electron chi connectivity index (χ1n) is 5.00. The van der Waals surface area contributed by atoms with Crippen molar-refractivity contribution in [3.05, 3.63) is 34.2 Å². The minimum absolute atomic E-state index is 0.0337. The molecule has 1 aromatic rings. The van der Waals surface area contributed by atoms with E-state index in [9.17, 15) is 4.79 Å². The molecule has 0 amide bonds. The predicted molar refractivity (Wildman–Crippen MR) is 60.2 cm³/mol. The molecule has 1 atom stereocenters. The lowest BCUT2D eigenvalue weighted by Gasteiger charge is -2.16. The number of ether oxygens (including phenoxy) is 1. The molecule has 1 aromatic heterocycles. The average molecular weight is 210 g/mol. The number of nitrogens with zero attached hydrogens (tertiary/aromatic N) is 1. The smallest absolute Gasteiger partial charge is 0.250 e. The zero-order valence-electron chi connectivity index (χ0n) is 9.49. The molecule has 0 aliphatic carbocycles. The van der Waals surface area contributed by atoms with Crippen LogP contribution in [0.25, 0.3) is 0 Å². The summed E-state index contributed by atoms with van der Waals surface area (Å²) in [5.41, 5.74) is 1.02. The number of aryl methyl sites for hydroxylation is 1. The fourth-order valence-electron chi connectivity index (χ4n) is 1.42. The zero-order valence-corrected chi connectivity index (χ0v) is 9.49. The number of rotatable bonds is 5. The number of methoxy groups -OCH3 is 1. The van der Waals surface area contributed by atoms with E-state index in [0.717, 1.165) is 5.56 Å². The van der Waals surface area contributed by atoms with Crippen molar-refractivity contribution in [3.8, 4) is 0 Å². The van der Waals surface area contributed by atoms with Crippen molar-refractivity contribution >= 4 is 0 Å². The first kappa shape index (κ1) is 11.9. The molecule has 1 rings (SSSR count). The van der Waals surface area contributed by atoms with E-state index >= 15 is 0 Å². The summed E-state index contributed by atoms with van der Waals surface area (Å²) >= 11 is 0. The van der Waals surface area contributed by atoms with Crippen LogP contribution >= 0.6 is 0 Å². The second kappa shape index (κ2) is 5.68. The van der Waals surface area contributed by atoms with Crippen molar-refractivity contribution in [2.75, 3.05) is 20.8 Å². The number of hydrogen-bond acceptors (Lipinski definition) is 3. The van der Waals surface area contributed by atoms with Gasteiger partial charge >= 0.3 is 0 Å². The number of hydrogen-bond donors (Lipinski definition) is 1. The molecular weight excluding hydrogens is 192 g/mol. The van der Waals surface area contributed by atoms with Crippen LogP contribution in [0.15, 0.2) is 23.1 Å². The van der Waals surface area contributed by atoms with Crippen LogP contribution in [0.2, 0.25) is 0 Å². The molecule has 0 aromatic carbocycles. The Hall–Kier alpha value is -1.13. The molecule has 1 N–H and O–H groups in total. The van der Waals surface area contributed by atoms with Crippen molar-refractivity contribution in [2.45, 2.75) is 19.5 Å². The maximum Gasteiger partial charge on any atom is 0.250 e. The monoisotopic (exact) mass is 210 g/mol. The predicted octanol–water partition coefficient (Wildman–Crippen LogP) is 0.391. The van der Waals surface area contributed by atoms with Crippen LogP contribution in [0.4, 0.5) is 0 Å². The van der Waals surface area contributed by atoms with Crippen LogP contribution in [-0.2, 0) is 11.3 Å². The van der Waals surface area contributed by atoms with Crippen molar-refractivity contribution in [1.29, 1.82) is 0 Å². The Balaban J connectivity index is 2.75. The second-order valence-electron chi connectivity index (χ2n) is 3.64. The fourth-order valence-corrected chi connectivity index (χ4v) is 1.42. The van der Waals surface area contributed by atoms with Gasteiger partial charge in [-0.05, 0) is 25.6 Å². The lowest BCUT2D eigenvalue weighted by molar-refractivity contribution is 0.161. The SMILES string of the molecule is CNC(COC)Cn1ccc(C)cc1=O. The summed E-state index contributed by atoms with van der Waals surface area (Å²) in [6, 6.07) is 3.73. The van der Waals surface area contributed by atoms with Gasteiger partial charge in [0.15, 0.2) is 0 Å². The van der Waals surface area contributed by atoms with E-state index in [1.54, 1.807) is 17.7 Å². The van der Waals surface area contributed by atoms with Gasteiger partial charge < -0.3 is 14.6 Å². The van der Waals surface area contributed by atoms with Crippen molar-refractivity contribution in [3.63, 3.8) is 0 Å². The highest BCUT2D eigenvalue weighted by Gasteiger charge is 2.06. The first-order valence-corrected chi connectivity index (χ1v) is 5.00. The van der Waals surface area contributed by atoms with Crippen molar-refractivity contribution in [2.24, 2.45) is 0 Å². The summed E-state index contributed by atoms with van der Waals surface area (Å²) < 4.78 is 6.74. The molecule has 0 saturated carbocycles. The van der Waals surface area contributed by atoms with E-state index in [2.05, 4.69) is 5.32 Å². The van der Waals surface area contributed by atoms with Gasteiger partial charge in [0.2, 0.25) is 0 Å². The molecule has 15 heavy (non-hydrogen) atoms. The Kier molecular flexibility index (Phi) is 4.52. The van der Waals surface area contributed by atoms with Crippen molar-refractivity contribution < 1.29 is 4.74 Å². The molecule has 1 heterocycles. The Morgan fingerprint density at radius 1 is 1.60 bits per heavy atom. The number of pyridine rings is 1. The average Bonchev–Trinajstić information content (AvgIpc) is 2.21. The summed E-state index contributed by atoms with van der Waals surface area (Å²) in [4.78, 5) is 11.6. The van der Waals surface area contributed by atoms with Gasteiger partial charge in [0.25, 0.3) is 5.56 Å². The molecule has 0 saturated heterocycles. The van der Waals surface area contributed by atoms with Gasteiger partial charge in [0.1, 0.15) is 0 Å². The van der Waals surface area contributed by atoms with Crippen molar-refractivity contribution in [1.82, 2.24) is 9.88 Å². The van der Waals surface area contributed by atoms with Crippen LogP contribution in [0.1, 0.15) is 5.56 Å². The van der Waals surface area contributed by atoms with Crippen LogP contribution in [0, 0.1) is 6.92 Å². The molecule has 0 radical (unpaired) electrons. The third-order valence-electron chi connectivity index (χ3n) is 2.34. The van der Waals surface area contributed by atoms with Gasteiger partial charge in [-0.15, -0.1) is 0 Å². The second-order valence-corrected chi connectivity index (χ2v) is 3.64. The maximum atomic E-state index is 11.6. The topological polar surface area (TPSA) is 43.3 Å². The summed E-state index contributed by atoms with van der Waals surface area (Å²) in [6.45, 7) is 3.14. The Morgan fingerprint density at radius 3 is 2.87 bits per heavy atom. The highest BCUT2D eigenvalue weighted by molar-refractivity contribution is 5.08. The van der Waals surface area contributed by atoms with Gasteiger partial charge in [0, 0.05) is 32.0 Å². The van der Waals surface area contributed by atoms with E-state index in [1.807, 2.05) is 26.2 Å². The molecule has 0 aliphatic heterocycles. The highest BCUT2D eigenvalue weighted by atomic mass is 16.5. The van der Waals surface area contributed by atoms with Crippen LogP contribution in [0.3, 0.4) is 0 Å². The highest BCUT2D eigenvalue weighted by Crippen LogP contribution is 1.94. The van der Waals surface area contributed by atoms with Gasteiger partial charge in [-0.1, -0.05) is 0 Å². The molecule has 0 aliphatic rings. The van der Waals surface area contributed by atoms with E-state index in [4.69, 9.17) is 4.74 Å². The fraction of sp³-hybridized carbons (Fsp3) is 0.545. The first-order chi connectivity index (χ1) is 7.17. The minimum atomic E-state index is 0.0337. The number of nitrogens with one attached hydrogen (secondary N) is 1. The minimum Gasteiger partial charge on any atom is -0.383 e. The lowest BCUT2D eigenvalue weighted by atomic mass is 10.2. The summed E-state index contributed by atoms with van der Waals surface area (Å²) in [5, 5.41) is 3.11. The van der Waals surface area contributed by atoms with Gasteiger partial charge in [-0.3, -0.25) is 4.79 Å². The zero-order chi connectivity index (χ0) is 11.3. The molecule has 0 fully saturated rings. The quantitative estimate of drug-likeness (QED) is 0.764. The molecule has 84 valence electrons. The van der Waals surface area contributed by atoms with Crippen LogP contribution in [0.5, 0.6) is 0 Å². The molecule has 4 nitrogen and oxygen atoms in total. The third-order valence-corrected chi connectivity index (χ3v) is 2.34. The summed E-state index contributed by atoms with van der Waals surface area (Å²) in [5.74, 6) is 0. The molecule has 1 unspecified atom stereocenters. The summed E-state index contributed by atoms with van der Waals surface area (Å²) in [7, 11) is 3.52. The third kappa shape index (κ3) is 3.49. The Labute approximate surface area is 89.9 Å². The van der Waals surface area contributed by atoms with Gasteiger partial charge in [0.05, 0.1) is 6.61 Å². The molecular formula is C11H18N2O2. The largest absolute Gasteiger partial charge is 0.383 e. The lowest BCUT2D eigenvalue weighted by Crippen LogP contribution is -2.37. The maximum absolute atomic E-state index is 11.6. The number of aromatic nitrogens is 1. The van der Waals surface area contributed by atoms with Gasteiger partial charge in [-0.25, -0.2) is 0 Å². The molecule has 0 spiro atoms. The molecule has 0 bridgehead atoms. The van der Waals surface area contributed by atoms with E-state index < -0.39 is 0 Å². The molecule has 4 heteroatoms. The normalized spacial score (nSPS) is 12.7. The van der Waals surface area contributed by atoms with Crippen LogP contribution in [-0.4, -0.2) is 31.4 Å². The van der Waals surface area contributed by atoms with Gasteiger partial charge in [-0.2, -0.15) is 0 Å². The van der Waals surface area contributed by atoms with E-state index in [1.165, 1.54) is 0 Å². The van der Waals surface area contributed by atoms with E-state index in [-0.39, 0.29) is 11.6 Å². The van der Waals surface area contributed by atoms with Crippen LogP contribution < -0.4 is 10.9 Å².